The predicted molar refractivity (Wildman–Crippen MR) is 120 cm³/mol. The van der Waals surface area contributed by atoms with Gasteiger partial charge in [-0.1, -0.05) is 94.7 Å². The molecule has 182 valence electrons. The molecule has 0 spiro atoms. The van der Waals surface area contributed by atoms with Crippen molar-refractivity contribution in [2.45, 2.75) is 104 Å². The quantitative estimate of drug-likeness (QED) is 0.0989. The summed E-state index contributed by atoms with van der Waals surface area (Å²) in [7, 11) is -4.13. The molecular formula is C22H46O7S. The molecule has 0 aromatic carbocycles. The molecule has 0 unspecified atom stereocenters. The number of hydrogen-bond donors (Lipinski definition) is 0. The number of hydrogen-bond acceptors (Lipinski definition) is 7. The molecule has 0 amide bonds. The van der Waals surface area contributed by atoms with Crippen LogP contribution in [-0.4, -0.2) is 48.1 Å². The standard InChI is InChI=1S/C22H46O7S/c1-3-5-6-7-8-9-10-11-12-13-14-15-16-17-18-27-29-30(23,24)28-22-21-26-20-19-25-4-2/h3-22H2,1-2H3. The highest BCUT2D eigenvalue weighted by molar-refractivity contribution is 7.81. The zero-order chi connectivity index (χ0) is 22.2. The fourth-order valence-corrected chi connectivity index (χ4v) is 3.52. The third kappa shape index (κ3) is 24.0. The average Bonchev–Trinajstić information content (AvgIpc) is 2.72. The number of ether oxygens (including phenoxy) is 2. The molecule has 0 aliphatic heterocycles. The minimum atomic E-state index is -4.13. The molecule has 0 radical (unpaired) electrons. The van der Waals surface area contributed by atoms with Crippen molar-refractivity contribution in [2.75, 3.05) is 39.6 Å². The smallest absolute Gasteiger partial charge is 0.379 e. The molecule has 0 heterocycles. The van der Waals surface area contributed by atoms with Crippen molar-refractivity contribution in [3.63, 3.8) is 0 Å². The fourth-order valence-electron chi connectivity index (χ4n) is 3.03. The third-order valence-electron chi connectivity index (χ3n) is 4.74. The van der Waals surface area contributed by atoms with Crippen LogP contribution < -0.4 is 0 Å². The van der Waals surface area contributed by atoms with Gasteiger partial charge >= 0.3 is 10.4 Å². The minimum Gasteiger partial charge on any atom is -0.379 e. The van der Waals surface area contributed by atoms with Gasteiger partial charge in [-0.2, -0.15) is 8.42 Å². The van der Waals surface area contributed by atoms with E-state index in [-0.39, 0.29) is 19.8 Å². The van der Waals surface area contributed by atoms with Gasteiger partial charge < -0.3 is 9.47 Å². The van der Waals surface area contributed by atoms with Gasteiger partial charge in [-0.15, -0.1) is 0 Å². The maximum absolute atomic E-state index is 11.5. The van der Waals surface area contributed by atoms with E-state index in [1.807, 2.05) is 6.92 Å². The van der Waals surface area contributed by atoms with E-state index in [1.165, 1.54) is 70.6 Å². The van der Waals surface area contributed by atoms with Crippen LogP contribution in [0.15, 0.2) is 0 Å². The lowest BCUT2D eigenvalue weighted by Crippen LogP contribution is -2.16. The lowest BCUT2D eigenvalue weighted by atomic mass is 10.0. The van der Waals surface area contributed by atoms with E-state index in [0.717, 1.165) is 19.3 Å². The van der Waals surface area contributed by atoms with Crippen molar-refractivity contribution < 1.29 is 31.3 Å². The van der Waals surface area contributed by atoms with Crippen LogP contribution in [0.1, 0.15) is 104 Å². The van der Waals surface area contributed by atoms with Crippen LogP contribution in [0.25, 0.3) is 0 Å². The van der Waals surface area contributed by atoms with Gasteiger partial charge in [-0.05, 0) is 13.3 Å². The molecule has 0 aromatic rings. The van der Waals surface area contributed by atoms with Gasteiger partial charge in [0, 0.05) is 6.61 Å². The molecule has 0 saturated heterocycles. The van der Waals surface area contributed by atoms with Crippen LogP contribution >= 0.6 is 0 Å². The van der Waals surface area contributed by atoms with E-state index in [2.05, 4.69) is 15.4 Å². The lowest BCUT2D eigenvalue weighted by Gasteiger charge is -2.06. The highest BCUT2D eigenvalue weighted by Gasteiger charge is 2.13. The summed E-state index contributed by atoms with van der Waals surface area (Å²) < 4.78 is 42.2. The molecule has 0 bridgehead atoms. The maximum atomic E-state index is 11.5. The molecule has 0 N–H and O–H groups in total. The Morgan fingerprint density at radius 1 is 0.533 bits per heavy atom. The third-order valence-corrected chi connectivity index (χ3v) is 5.46. The predicted octanol–water partition coefficient (Wildman–Crippen LogP) is 5.73. The Bertz CT molecular complexity index is 429. The van der Waals surface area contributed by atoms with Gasteiger partial charge in [0.1, 0.15) is 0 Å². The van der Waals surface area contributed by atoms with Crippen molar-refractivity contribution in [1.29, 1.82) is 0 Å². The summed E-state index contributed by atoms with van der Waals surface area (Å²) in [6.07, 6.45) is 17.7. The van der Waals surface area contributed by atoms with E-state index >= 15 is 0 Å². The van der Waals surface area contributed by atoms with E-state index < -0.39 is 10.4 Å². The second-order valence-corrected chi connectivity index (χ2v) is 8.71. The minimum absolute atomic E-state index is 0.114. The van der Waals surface area contributed by atoms with Crippen LogP contribution in [0.2, 0.25) is 0 Å². The normalized spacial score (nSPS) is 11.9. The second-order valence-electron chi connectivity index (χ2n) is 7.53. The first-order valence-electron chi connectivity index (χ1n) is 12.0. The SMILES string of the molecule is CCCCCCCCCCCCCCCCOOS(=O)(=O)OCCOCCOCC. The Hall–Kier alpha value is -0.250. The molecule has 7 nitrogen and oxygen atoms in total. The summed E-state index contributed by atoms with van der Waals surface area (Å²) in [6, 6.07) is 0. The van der Waals surface area contributed by atoms with Crippen molar-refractivity contribution in [3.8, 4) is 0 Å². The fraction of sp³-hybridized carbons (Fsp3) is 1.00. The summed E-state index contributed by atoms with van der Waals surface area (Å²) in [5.74, 6) is 0. The molecule has 0 aromatic heterocycles. The maximum Gasteiger partial charge on any atom is 0.426 e. The highest BCUT2D eigenvalue weighted by atomic mass is 32.3. The van der Waals surface area contributed by atoms with E-state index in [4.69, 9.17) is 14.4 Å². The molecule has 0 rings (SSSR count). The summed E-state index contributed by atoms with van der Waals surface area (Å²) >= 11 is 0. The molecule has 8 heteroatoms. The van der Waals surface area contributed by atoms with Crippen molar-refractivity contribution >= 4 is 10.4 Å². The summed E-state index contributed by atoms with van der Waals surface area (Å²) in [5, 5.41) is 0. The van der Waals surface area contributed by atoms with Gasteiger partial charge in [-0.3, -0.25) is 0 Å². The Labute approximate surface area is 185 Å². The Balaban J connectivity index is 3.27. The lowest BCUT2D eigenvalue weighted by molar-refractivity contribution is -0.210. The van der Waals surface area contributed by atoms with Crippen molar-refractivity contribution in [2.24, 2.45) is 0 Å². The van der Waals surface area contributed by atoms with Crippen LogP contribution in [-0.2, 0) is 33.3 Å². The van der Waals surface area contributed by atoms with E-state index in [9.17, 15) is 8.42 Å². The first-order valence-corrected chi connectivity index (χ1v) is 13.3. The Morgan fingerprint density at radius 2 is 1.00 bits per heavy atom. The van der Waals surface area contributed by atoms with Gasteiger partial charge in [0.25, 0.3) is 0 Å². The second kappa shape index (κ2) is 23.4. The molecule has 0 atom stereocenters. The molecular weight excluding hydrogens is 408 g/mol. The Kier molecular flexibility index (Phi) is 23.2. The summed E-state index contributed by atoms with van der Waals surface area (Å²) in [5.41, 5.74) is 0. The first kappa shape index (κ1) is 29.8. The topological polar surface area (TPSA) is 80.3 Å². The molecule has 0 aliphatic rings. The van der Waals surface area contributed by atoms with E-state index in [1.54, 1.807) is 0 Å². The average molecular weight is 455 g/mol. The number of unbranched alkanes of at least 4 members (excludes halogenated alkanes) is 13. The first-order chi connectivity index (χ1) is 14.6. The van der Waals surface area contributed by atoms with Gasteiger partial charge in [-0.25, -0.2) is 9.07 Å². The summed E-state index contributed by atoms with van der Waals surface area (Å²) in [4.78, 5) is 4.74. The van der Waals surface area contributed by atoms with Crippen LogP contribution in [0.4, 0.5) is 0 Å². The Morgan fingerprint density at radius 3 is 1.53 bits per heavy atom. The van der Waals surface area contributed by atoms with Gasteiger partial charge in [0.15, 0.2) is 0 Å². The van der Waals surface area contributed by atoms with Gasteiger partial charge in [0.2, 0.25) is 0 Å². The van der Waals surface area contributed by atoms with Crippen molar-refractivity contribution in [3.05, 3.63) is 0 Å². The molecule has 0 fully saturated rings. The van der Waals surface area contributed by atoms with Crippen molar-refractivity contribution in [1.82, 2.24) is 0 Å². The monoisotopic (exact) mass is 454 g/mol. The van der Waals surface area contributed by atoms with Crippen LogP contribution in [0.3, 0.4) is 0 Å². The molecule has 0 saturated carbocycles. The summed E-state index contributed by atoms with van der Waals surface area (Å²) in [6.45, 7) is 5.92. The largest absolute Gasteiger partial charge is 0.426 e. The molecule has 30 heavy (non-hydrogen) atoms. The van der Waals surface area contributed by atoms with Crippen LogP contribution in [0.5, 0.6) is 0 Å². The van der Waals surface area contributed by atoms with Gasteiger partial charge in [0.05, 0.1) is 33.0 Å². The zero-order valence-corrected chi connectivity index (χ0v) is 20.2. The van der Waals surface area contributed by atoms with Crippen LogP contribution in [0, 0.1) is 0 Å². The van der Waals surface area contributed by atoms with E-state index in [0.29, 0.717) is 19.8 Å². The molecule has 0 aliphatic carbocycles. The highest BCUT2D eigenvalue weighted by Crippen LogP contribution is 2.13. The zero-order valence-electron chi connectivity index (χ0n) is 19.4. The number of rotatable bonds is 25.